The van der Waals surface area contributed by atoms with Crippen molar-refractivity contribution in [3.8, 4) is 11.5 Å². The number of hydrogen-bond acceptors (Lipinski definition) is 5. The van der Waals surface area contributed by atoms with Crippen LogP contribution in [0.2, 0.25) is 0 Å². The third kappa shape index (κ3) is 2.19. The molecule has 2 rings (SSSR count). The summed E-state index contributed by atoms with van der Waals surface area (Å²) in [6, 6.07) is 1.67. The average Bonchev–Trinajstić information content (AvgIpc) is 2.69. The highest BCUT2D eigenvalue weighted by atomic mass is 127. The number of cyclic esters (lactones) is 1. The van der Waals surface area contributed by atoms with Gasteiger partial charge in [-0.2, -0.15) is 0 Å². The van der Waals surface area contributed by atoms with Gasteiger partial charge in [0.25, 0.3) is 0 Å². The SMILES string of the molecule is COCOc1c(I)c(OC)cc2c1COC2=O. The smallest absolute Gasteiger partial charge is 0.339 e. The molecule has 0 saturated heterocycles. The minimum absolute atomic E-state index is 0.115. The van der Waals surface area contributed by atoms with Gasteiger partial charge in [0, 0.05) is 12.7 Å². The maximum absolute atomic E-state index is 11.5. The minimum Gasteiger partial charge on any atom is -0.495 e. The summed E-state index contributed by atoms with van der Waals surface area (Å²) in [5, 5.41) is 0. The van der Waals surface area contributed by atoms with Crippen LogP contribution in [0, 0.1) is 3.57 Å². The Bertz CT molecular complexity index is 458. The Morgan fingerprint density at radius 2 is 2.24 bits per heavy atom. The van der Waals surface area contributed by atoms with Gasteiger partial charge >= 0.3 is 5.97 Å². The third-order valence-corrected chi connectivity index (χ3v) is 3.42. The van der Waals surface area contributed by atoms with Crippen molar-refractivity contribution < 1.29 is 23.7 Å². The third-order valence-electron chi connectivity index (χ3n) is 2.40. The highest BCUT2D eigenvalue weighted by molar-refractivity contribution is 14.1. The summed E-state index contributed by atoms with van der Waals surface area (Å²) in [5.74, 6) is 0.832. The van der Waals surface area contributed by atoms with Crippen LogP contribution in [0.3, 0.4) is 0 Å². The summed E-state index contributed by atoms with van der Waals surface area (Å²) >= 11 is 2.11. The van der Waals surface area contributed by atoms with E-state index in [-0.39, 0.29) is 19.4 Å². The number of esters is 1. The molecule has 0 aliphatic carbocycles. The van der Waals surface area contributed by atoms with Crippen LogP contribution in [-0.4, -0.2) is 27.0 Å². The molecule has 0 saturated carbocycles. The summed E-state index contributed by atoms with van der Waals surface area (Å²) < 4.78 is 21.3. The number of fused-ring (bicyclic) bond motifs is 1. The number of benzene rings is 1. The van der Waals surface area contributed by atoms with Gasteiger partial charge in [-0.25, -0.2) is 4.79 Å². The average molecular weight is 350 g/mol. The van der Waals surface area contributed by atoms with Crippen LogP contribution in [0.1, 0.15) is 15.9 Å². The van der Waals surface area contributed by atoms with Gasteiger partial charge in [-0.3, -0.25) is 0 Å². The quantitative estimate of drug-likeness (QED) is 0.472. The van der Waals surface area contributed by atoms with Gasteiger partial charge in [0.2, 0.25) is 0 Å². The fourth-order valence-electron chi connectivity index (χ4n) is 1.61. The minimum atomic E-state index is -0.350. The lowest BCUT2D eigenvalue weighted by Crippen LogP contribution is -2.05. The fourth-order valence-corrected chi connectivity index (χ4v) is 2.46. The highest BCUT2D eigenvalue weighted by Gasteiger charge is 2.29. The number of carbonyl (C=O) groups is 1. The molecule has 0 amide bonds. The zero-order valence-corrected chi connectivity index (χ0v) is 11.6. The van der Waals surface area contributed by atoms with E-state index in [1.807, 2.05) is 0 Å². The van der Waals surface area contributed by atoms with Crippen LogP contribution < -0.4 is 9.47 Å². The second kappa shape index (κ2) is 5.09. The Morgan fingerprint density at radius 1 is 1.47 bits per heavy atom. The molecular weight excluding hydrogens is 339 g/mol. The molecule has 17 heavy (non-hydrogen) atoms. The van der Waals surface area contributed by atoms with Crippen LogP contribution in [-0.2, 0) is 16.1 Å². The second-order valence-corrected chi connectivity index (χ2v) is 4.45. The molecule has 6 heteroatoms. The maximum atomic E-state index is 11.5. The Kier molecular flexibility index (Phi) is 3.72. The summed E-state index contributed by atoms with van der Waals surface area (Å²) in [4.78, 5) is 11.5. The predicted octanol–water partition coefficient (Wildman–Crippen LogP) is 1.95. The van der Waals surface area contributed by atoms with E-state index < -0.39 is 0 Å². The first kappa shape index (κ1) is 12.4. The van der Waals surface area contributed by atoms with Gasteiger partial charge in [-0.05, 0) is 28.7 Å². The van der Waals surface area contributed by atoms with Crippen molar-refractivity contribution in [2.75, 3.05) is 21.0 Å². The van der Waals surface area contributed by atoms with Crippen LogP contribution in [0.15, 0.2) is 6.07 Å². The first-order valence-electron chi connectivity index (χ1n) is 4.87. The van der Waals surface area contributed by atoms with E-state index in [9.17, 15) is 4.79 Å². The Hall–Kier alpha value is -1.02. The van der Waals surface area contributed by atoms with Gasteiger partial charge in [-0.15, -0.1) is 0 Å². The Balaban J connectivity index is 2.51. The number of carbonyl (C=O) groups excluding carboxylic acids is 1. The van der Waals surface area contributed by atoms with Crippen LogP contribution in [0.5, 0.6) is 11.5 Å². The summed E-state index contributed by atoms with van der Waals surface area (Å²) in [5.41, 5.74) is 1.24. The normalized spacial score (nSPS) is 13.2. The van der Waals surface area contributed by atoms with E-state index in [0.717, 1.165) is 9.13 Å². The van der Waals surface area contributed by atoms with Crippen LogP contribution in [0.25, 0.3) is 0 Å². The van der Waals surface area contributed by atoms with Crippen LogP contribution in [0.4, 0.5) is 0 Å². The largest absolute Gasteiger partial charge is 0.495 e. The van der Waals surface area contributed by atoms with E-state index in [1.165, 1.54) is 7.11 Å². The monoisotopic (exact) mass is 350 g/mol. The van der Waals surface area contributed by atoms with Gasteiger partial charge in [0.1, 0.15) is 18.1 Å². The molecule has 1 aliphatic rings. The molecule has 0 atom stereocenters. The second-order valence-electron chi connectivity index (χ2n) is 3.38. The van der Waals surface area contributed by atoms with Crippen molar-refractivity contribution >= 4 is 28.6 Å². The summed E-state index contributed by atoms with van der Waals surface area (Å²) in [6.45, 7) is 0.344. The van der Waals surface area contributed by atoms with Crippen molar-refractivity contribution in [2.45, 2.75) is 6.61 Å². The van der Waals surface area contributed by atoms with Gasteiger partial charge < -0.3 is 18.9 Å². The van der Waals surface area contributed by atoms with Crippen molar-refractivity contribution in [1.29, 1.82) is 0 Å². The zero-order valence-electron chi connectivity index (χ0n) is 9.41. The molecule has 0 aromatic heterocycles. The zero-order chi connectivity index (χ0) is 12.4. The molecule has 92 valence electrons. The summed E-state index contributed by atoms with van der Waals surface area (Å²) in [7, 11) is 3.08. The van der Waals surface area contributed by atoms with Crippen molar-refractivity contribution in [3.05, 3.63) is 20.8 Å². The first-order valence-corrected chi connectivity index (χ1v) is 5.95. The van der Waals surface area contributed by atoms with E-state index in [1.54, 1.807) is 13.2 Å². The number of methoxy groups -OCH3 is 2. The highest BCUT2D eigenvalue weighted by Crippen LogP contribution is 2.39. The van der Waals surface area contributed by atoms with Crippen LogP contribution >= 0.6 is 22.6 Å². The van der Waals surface area contributed by atoms with Gasteiger partial charge in [0.15, 0.2) is 6.79 Å². The van der Waals surface area contributed by atoms with Crippen molar-refractivity contribution in [1.82, 2.24) is 0 Å². The predicted molar refractivity (Wildman–Crippen MR) is 67.3 cm³/mol. The molecule has 0 spiro atoms. The fraction of sp³-hybridized carbons (Fsp3) is 0.364. The lowest BCUT2D eigenvalue weighted by Gasteiger charge is -2.13. The van der Waals surface area contributed by atoms with E-state index in [0.29, 0.717) is 17.1 Å². The van der Waals surface area contributed by atoms with E-state index >= 15 is 0 Å². The molecule has 0 N–H and O–H groups in total. The molecule has 0 bridgehead atoms. The lowest BCUT2D eigenvalue weighted by molar-refractivity contribution is 0.0470. The molecule has 1 aliphatic heterocycles. The summed E-state index contributed by atoms with van der Waals surface area (Å²) in [6.07, 6.45) is 0. The van der Waals surface area contributed by atoms with Crippen molar-refractivity contribution in [2.24, 2.45) is 0 Å². The first-order chi connectivity index (χ1) is 8.19. The molecule has 0 unspecified atom stereocenters. The molecule has 1 aromatic rings. The molecule has 0 fully saturated rings. The number of halogens is 1. The van der Waals surface area contributed by atoms with E-state index in [2.05, 4.69) is 22.6 Å². The number of rotatable bonds is 4. The molecule has 1 heterocycles. The Morgan fingerprint density at radius 3 is 2.88 bits per heavy atom. The lowest BCUT2D eigenvalue weighted by atomic mass is 10.1. The standard InChI is InChI=1S/C11H11IO5/c1-14-5-17-10-7-4-16-11(13)6(7)3-8(15-2)9(10)12/h3H,4-5H2,1-2H3. The Labute approximate surface area is 112 Å². The molecule has 5 nitrogen and oxygen atoms in total. The van der Waals surface area contributed by atoms with Gasteiger partial charge in [-0.1, -0.05) is 0 Å². The molecular formula is C11H11IO5. The number of hydrogen-bond donors (Lipinski definition) is 0. The molecule has 1 aromatic carbocycles. The number of ether oxygens (including phenoxy) is 4. The van der Waals surface area contributed by atoms with E-state index in [4.69, 9.17) is 18.9 Å². The van der Waals surface area contributed by atoms with Crippen molar-refractivity contribution in [3.63, 3.8) is 0 Å². The van der Waals surface area contributed by atoms with Gasteiger partial charge in [0.05, 0.1) is 16.2 Å². The maximum Gasteiger partial charge on any atom is 0.339 e. The molecule has 0 radical (unpaired) electrons. The topological polar surface area (TPSA) is 54.0 Å².